The molecule has 4 nitrogen and oxygen atoms in total. The normalized spacial score (nSPS) is 23.6. The summed E-state index contributed by atoms with van der Waals surface area (Å²) in [5.41, 5.74) is -6.90. The van der Waals surface area contributed by atoms with E-state index in [1.807, 2.05) is 0 Å². The van der Waals surface area contributed by atoms with Crippen LogP contribution in [0.25, 0.3) is 0 Å². The SMILES string of the molecule is Cc1cc(C2=NO[C@](c3cc(C(F)(F)F)cc(Cl)c3F)(C(F)(F)F)C2)ccc1C(=O)N[C@H]1C[C@@H](C(F)(F)F)C1. The van der Waals surface area contributed by atoms with Crippen LogP contribution in [0.2, 0.25) is 5.02 Å². The van der Waals surface area contributed by atoms with E-state index in [4.69, 9.17) is 11.6 Å². The highest BCUT2D eigenvalue weighted by Crippen LogP contribution is 2.51. The lowest BCUT2D eigenvalue weighted by Gasteiger charge is -2.36. The fourth-order valence-corrected chi connectivity index (χ4v) is 4.67. The van der Waals surface area contributed by atoms with Crippen LogP contribution in [0.5, 0.6) is 0 Å². The van der Waals surface area contributed by atoms with Gasteiger partial charge < -0.3 is 10.2 Å². The van der Waals surface area contributed by atoms with Crippen molar-refractivity contribution in [1.82, 2.24) is 5.32 Å². The molecule has 1 heterocycles. The van der Waals surface area contributed by atoms with Crippen LogP contribution >= 0.6 is 11.6 Å². The van der Waals surface area contributed by atoms with Gasteiger partial charge in [-0.2, -0.15) is 39.5 Å². The van der Waals surface area contributed by atoms with E-state index in [0.717, 1.165) is 0 Å². The first-order chi connectivity index (χ1) is 17.8. The van der Waals surface area contributed by atoms with Crippen LogP contribution in [0.1, 0.15) is 51.9 Å². The molecule has 1 saturated carbocycles. The van der Waals surface area contributed by atoms with Gasteiger partial charge in [0.05, 0.1) is 28.6 Å². The van der Waals surface area contributed by atoms with Crippen molar-refractivity contribution in [2.75, 3.05) is 0 Å². The Morgan fingerprint density at radius 3 is 2.23 bits per heavy atom. The number of hydrogen-bond donors (Lipinski definition) is 1. The van der Waals surface area contributed by atoms with Gasteiger partial charge in [-0.25, -0.2) is 4.39 Å². The molecule has 1 fully saturated rings. The molecular formula is C24H17ClF10N2O2. The zero-order valence-electron chi connectivity index (χ0n) is 19.6. The number of halogens is 11. The molecule has 0 bridgehead atoms. The number of rotatable bonds is 4. The first-order valence-electron chi connectivity index (χ1n) is 11.2. The molecule has 1 atom stereocenters. The maximum absolute atomic E-state index is 14.7. The fourth-order valence-electron chi connectivity index (χ4n) is 4.45. The van der Waals surface area contributed by atoms with Gasteiger partial charge in [0.15, 0.2) is 0 Å². The highest BCUT2D eigenvalue weighted by Gasteiger charge is 2.64. The largest absolute Gasteiger partial charge is 0.435 e. The molecule has 0 spiro atoms. The van der Waals surface area contributed by atoms with Gasteiger partial charge in [0.1, 0.15) is 5.82 Å². The standard InChI is InChI=1S/C24H17ClF10N2O2/c1-10-4-11(2-3-15(10)20(38)36-14-5-12(6-14)22(27,28)29)18-9-21(39-37-18,24(33,34)35)16-7-13(23(30,31)32)8-17(25)19(16)26/h2-4,7-8,12,14H,5-6,9H2,1H3,(H,36,38)/t12-,14+,21-/m1/s1. The van der Waals surface area contributed by atoms with E-state index in [-0.39, 0.29) is 41.7 Å². The summed E-state index contributed by atoms with van der Waals surface area (Å²) in [6.45, 7) is 1.41. The van der Waals surface area contributed by atoms with Crippen LogP contribution in [0.4, 0.5) is 43.9 Å². The van der Waals surface area contributed by atoms with Gasteiger partial charge in [-0.15, -0.1) is 0 Å². The van der Waals surface area contributed by atoms with Crippen molar-refractivity contribution in [3.63, 3.8) is 0 Å². The van der Waals surface area contributed by atoms with Crippen LogP contribution in [-0.4, -0.2) is 30.0 Å². The minimum absolute atomic E-state index is 0.00515. The maximum Gasteiger partial charge on any atom is 0.435 e. The van der Waals surface area contributed by atoms with Crippen LogP contribution in [-0.2, 0) is 16.6 Å². The number of benzene rings is 2. The first kappa shape index (κ1) is 29.0. The second-order valence-corrected chi connectivity index (χ2v) is 9.77. The Morgan fingerprint density at radius 1 is 1.05 bits per heavy atom. The zero-order valence-corrected chi connectivity index (χ0v) is 20.3. The van der Waals surface area contributed by atoms with Gasteiger partial charge in [-0.3, -0.25) is 4.79 Å². The molecule has 1 aliphatic heterocycles. The summed E-state index contributed by atoms with van der Waals surface area (Å²) in [7, 11) is 0. The molecule has 2 aromatic rings. The molecule has 1 N–H and O–H groups in total. The van der Waals surface area contributed by atoms with E-state index in [1.165, 1.54) is 25.1 Å². The average Bonchev–Trinajstić information content (AvgIpc) is 3.22. The number of carbonyl (C=O) groups is 1. The lowest BCUT2D eigenvalue weighted by molar-refractivity contribution is -0.276. The van der Waals surface area contributed by atoms with Gasteiger partial charge in [0.2, 0.25) is 0 Å². The highest BCUT2D eigenvalue weighted by atomic mass is 35.5. The van der Waals surface area contributed by atoms with E-state index in [1.54, 1.807) is 0 Å². The Morgan fingerprint density at radius 2 is 1.69 bits per heavy atom. The molecule has 0 radical (unpaired) electrons. The van der Waals surface area contributed by atoms with E-state index < -0.39 is 76.1 Å². The number of amides is 1. The number of aryl methyl sites for hydroxylation is 1. The van der Waals surface area contributed by atoms with Crippen LogP contribution in [0.15, 0.2) is 35.5 Å². The summed E-state index contributed by atoms with van der Waals surface area (Å²) < 4.78 is 135. The molecular weight excluding hydrogens is 574 g/mol. The minimum Gasteiger partial charge on any atom is -0.374 e. The number of carbonyl (C=O) groups excluding carboxylic acids is 1. The third kappa shape index (κ3) is 5.39. The predicted octanol–water partition coefficient (Wildman–Crippen LogP) is 7.46. The maximum atomic E-state index is 14.7. The third-order valence-corrected chi connectivity index (χ3v) is 6.99. The molecule has 0 saturated heterocycles. The molecule has 0 unspecified atom stereocenters. The van der Waals surface area contributed by atoms with Crippen LogP contribution in [0.3, 0.4) is 0 Å². The van der Waals surface area contributed by atoms with Crippen molar-refractivity contribution in [1.29, 1.82) is 0 Å². The summed E-state index contributed by atoms with van der Waals surface area (Å²) in [5.74, 6) is -3.97. The lowest BCUT2D eigenvalue weighted by atomic mass is 9.79. The summed E-state index contributed by atoms with van der Waals surface area (Å²) in [4.78, 5) is 17.1. The van der Waals surface area contributed by atoms with Crippen molar-refractivity contribution < 1.29 is 53.5 Å². The number of hydrogen-bond acceptors (Lipinski definition) is 3. The number of nitrogens with zero attached hydrogens (tertiary/aromatic N) is 1. The van der Waals surface area contributed by atoms with Crippen molar-refractivity contribution in [2.45, 2.75) is 56.4 Å². The predicted molar refractivity (Wildman–Crippen MR) is 118 cm³/mol. The Hall–Kier alpha value is -3.03. The Balaban J connectivity index is 1.58. The Labute approximate surface area is 218 Å². The fraction of sp³-hybridized carbons (Fsp3) is 0.417. The average molecular weight is 591 g/mol. The second-order valence-electron chi connectivity index (χ2n) is 9.36. The van der Waals surface area contributed by atoms with E-state index in [9.17, 15) is 48.7 Å². The highest BCUT2D eigenvalue weighted by molar-refractivity contribution is 6.30. The molecule has 2 aromatic carbocycles. The van der Waals surface area contributed by atoms with E-state index >= 15 is 0 Å². The van der Waals surface area contributed by atoms with Gasteiger partial charge in [0, 0.05) is 17.2 Å². The summed E-state index contributed by atoms with van der Waals surface area (Å²) in [6.07, 6.45) is -16.7. The molecule has 2 aliphatic rings. The summed E-state index contributed by atoms with van der Waals surface area (Å²) >= 11 is 5.49. The second kappa shape index (κ2) is 9.56. The topological polar surface area (TPSA) is 50.7 Å². The summed E-state index contributed by atoms with van der Waals surface area (Å²) in [6, 6.07) is 3.07. The van der Waals surface area contributed by atoms with Crippen molar-refractivity contribution in [3.8, 4) is 0 Å². The zero-order chi connectivity index (χ0) is 29.1. The molecule has 0 aromatic heterocycles. The van der Waals surface area contributed by atoms with Gasteiger partial charge in [0.25, 0.3) is 11.5 Å². The summed E-state index contributed by atoms with van der Waals surface area (Å²) in [5, 5.41) is 4.65. The van der Waals surface area contributed by atoms with E-state index in [2.05, 4.69) is 15.3 Å². The quantitative estimate of drug-likeness (QED) is 0.376. The lowest BCUT2D eigenvalue weighted by Crippen LogP contribution is -2.49. The number of oxime groups is 1. The Bertz CT molecular complexity index is 1330. The number of nitrogens with one attached hydrogen (secondary N) is 1. The molecule has 4 rings (SSSR count). The minimum atomic E-state index is -5.43. The molecule has 15 heteroatoms. The Kier molecular flexibility index (Phi) is 7.10. The van der Waals surface area contributed by atoms with Crippen molar-refractivity contribution >= 4 is 23.2 Å². The molecule has 1 aliphatic carbocycles. The van der Waals surface area contributed by atoms with Crippen molar-refractivity contribution in [2.24, 2.45) is 11.1 Å². The molecule has 212 valence electrons. The monoisotopic (exact) mass is 590 g/mol. The third-order valence-electron chi connectivity index (χ3n) is 6.72. The molecule has 1 amide bonds. The van der Waals surface area contributed by atoms with Crippen LogP contribution < -0.4 is 5.32 Å². The van der Waals surface area contributed by atoms with Crippen LogP contribution in [0, 0.1) is 18.7 Å². The first-order valence-corrected chi connectivity index (χ1v) is 11.6. The van der Waals surface area contributed by atoms with Gasteiger partial charge in [-0.05, 0) is 55.2 Å². The van der Waals surface area contributed by atoms with Gasteiger partial charge >= 0.3 is 18.5 Å². The smallest absolute Gasteiger partial charge is 0.374 e. The molecule has 39 heavy (non-hydrogen) atoms. The van der Waals surface area contributed by atoms with E-state index in [0.29, 0.717) is 0 Å². The number of alkyl halides is 9. The van der Waals surface area contributed by atoms with Crippen molar-refractivity contribution in [3.05, 3.63) is 69.0 Å². The van der Waals surface area contributed by atoms with Gasteiger partial charge in [-0.1, -0.05) is 22.8 Å².